The van der Waals surface area contributed by atoms with Crippen LogP contribution in [0.4, 0.5) is 5.82 Å². The zero-order chi connectivity index (χ0) is 32.4. The summed E-state index contributed by atoms with van der Waals surface area (Å²) in [5.74, 6) is 3.16. The highest BCUT2D eigenvalue weighted by Gasteiger charge is 2.32. The number of ether oxygens (including phenoxy) is 1. The van der Waals surface area contributed by atoms with Gasteiger partial charge in [-0.3, -0.25) is 4.79 Å². The van der Waals surface area contributed by atoms with Gasteiger partial charge in [0.25, 0.3) is 0 Å². The predicted molar refractivity (Wildman–Crippen MR) is 189 cm³/mol. The molecule has 2 aromatic carbocycles. The molecular formula is C36H45ClN6O2S. The van der Waals surface area contributed by atoms with E-state index in [2.05, 4.69) is 66.2 Å². The number of amides is 1. The topological polar surface area (TPSA) is 82.6 Å². The predicted octanol–water partition coefficient (Wildman–Crippen LogP) is 7.27. The quantitative estimate of drug-likeness (QED) is 0.195. The summed E-state index contributed by atoms with van der Waals surface area (Å²) in [6.07, 6.45) is 3.74. The molecule has 46 heavy (non-hydrogen) atoms. The van der Waals surface area contributed by atoms with Gasteiger partial charge >= 0.3 is 0 Å². The van der Waals surface area contributed by atoms with E-state index in [1.807, 2.05) is 24.0 Å². The number of methoxy groups -OCH3 is 1. The average molecular weight is 661 g/mol. The minimum absolute atomic E-state index is 0.0213. The molecule has 1 saturated carbocycles. The third kappa shape index (κ3) is 7.03. The Kier molecular flexibility index (Phi) is 10.1. The summed E-state index contributed by atoms with van der Waals surface area (Å²) >= 11 is 8.46. The fourth-order valence-corrected chi connectivity index (χ4v) is 8.25. The maximum Gasteiger partial charge on any atom is 0.225 e. The minimum atomic E-state index is 0.0213. The van der Waals surface area contributed by atoms with E-state index in [0.717, 1.165) is 97.0 Å². The van der Waals surface area contributed by atoms with E-state index in [9.17, 15) is 4.79 Å². The number of hydrogen-bond acceptors (Lipinski definition) is 8. The molecule has 2 aromatic heterocycles. The van der Waals surface area contributed by atoms with E-state index in [1.54, 1.807) is 18.4 Å². The number of carbonyl (C=O) groups excluding carboxylic acids is 1. The van der Waals surface area contributed by atoms with Crippen molar-refractivity contribution in [2.45, 2.75) is 58.0 Å². The van der Waals surface area contributed by atoms with Crippen molar-refractivity contribution in [1.82, 2.24) is 25.1 Å². The molecule has 0 bridgehead atoms. The molecule has 6 rings (SSSR count). The third-order valence-electron chi connectivity index (χ3n) is 9.38. The maximum absolute atomic E-state index is 13.2. The Morgan fingerprint density at radius 1 is 1.15 bits per heavy atom. The van der Waals surface area contributed by atoms with Crippen LogP contribution in [0.5, 0.6) is 5.75 Å². The number of piperazine rings is 1. The summed E-state index contributed by atoms with van der Waals surface area (Å²) in [5.41, 5.74) is 5.48. The average Bonchev–Trinajstić information content (AvgIpc) is 3.54. The van der Waals surface area contributed by atoms with Crippen LogP contribution in [0.25, 0.3) is 22.0 Å². The van der Waals surface area contributed by atoms with E-state index in [-0.39, 0.29) is 12.0 Å². The largest absolute Gasteiger partial charge is 0.496 e. The normalized spacial score (nSPS) is 19.4. The highest BCUT2D eigenvalue weighted by atomic mass is 35.5. The van der Waals surface area contributed by atoms with Crippen molar-refractivity contribution in [3.63, 3.8) is 0 Å². The Labute approximate surface area is 281 Å². The molecule has 2 N–H and O–H groups in total. The fraction of sp³-hybridized carbons (Fsp3) is 0.472. The second-order valence-electron chi connectivity index (χ2n) is 13.0. The molecule has 1 aliphatic heterocycles. The molecule has 1 saturated heterocycles. The van der Waals surface area contributed by atoms with Crippen LogP contribution in [0.15, 0.2) is 41.8 Å². The van der Waals surface area contributed by atoms with Gasteiger partial charge in [0, 0.05) is 65.6 Å². The lowest BCUT2D eigenvalue weighted by Crippen LogP contribution is -2.48. The Balaban J connectivity index is 1.24. The first kappa shape index (κ1) is 32.7. The number of carbonyl (C=O) groups is 1. The maximum atomic E-state index is 13.2. The van der Waals surface area contributed by atoms with Crippen molar-refractivity contribution < 1.29 is 9.53 Å². The zero-order valence-corrected chi connectivity index (χ0v) is 29.1. The molecular weight excluding hydrogens is 616 g/mol. The monoisotopic (exact) mass is 660 g/mol. The first-order valence-electron chi connectivity index (χ1n) is 16.3. The van der Waals surface area contributed by atoms with Crippen LogP contribution in [0.2, 0.25) is 5.02 Å². The van der Waals surface area contributed by atoms with Crippen molar-refractivity contribution in [3.05, 3.63) is 68.6 Å². The van der Waals surface area contributed by atoms with E-state index >= 15 is 0 Å². The lowest BCUT2D eigenvalue weighted by molar-refractivity contribution is -0.137. The molecule has 3 heterocycles. The van der Waals surface area contributed by atoms with Gasteiger partial charge in [-0.2, -0.15) is 0 Å². The van der Waals surface area contributed by atoms with Crippen LogP contribution >= 0.6 is 22.9 Å². The standard InChI is InChI=1S/C36H45ClN6O2S/c1-22(33-17-27(21-46-33)34-26(20-42(3)4)7-6-8-30(34)37)39-35-29-18-28(32(45-5)19-31(29)40-23(2)41-35)24-9-11-25(12-10-24)36(44)43-15-13-38-14-16-43/h6-8,17-19,21-22,24-25,38H,9-16,20H2,1-5H3,(H,39,40,41)/t22-,24-,25-/m1/s1. The van der Waals surface area contributed by atoms with Gasteiger partial charge in [0.05, 0.1) is 18.7 Å². The van der Waals surface area contributed by atoms with Crippen molar-refractivity contribution in [2.75, 3.05) is 52.7 Å². The van der Waals surface area contributed by atoms with Gasteiger partial charge in [0.2, 0.25) is 5.91 Å². The van der Waals surface area contributed by atoms with Crippen molar-refractivity contribution >= 4 is 45.6 Å². The summed E-state index contributed by atoms with van der Waals surface area (Å²) in [6.45, 7) is 8.33. The molecule has 2 aliphatic rings. The lowest BCUT2D eigenvalue weighted by Gasteiger charge is -2.34. The number of thiophene rings is 1. The zero-order valence-electron chi connectivity index (χ0n) is 27.5. The molecule has 244 valence electrons. The van der Waals surface area contributed by atoms with Gasteiger partial charge in [0.15, 0.2) is 0 Å². The Morgan fingerprint density at radius 2 is 1.91 bits per heavy atom. The summed E-state index contributed by atoms with van der Waals surface area (Å²) in [5, 5.41) is 11.0. The number of fused-ring (bicyclic) bond motifs is 1. The van der Waals surface area contributed by atoms with E-state index in [0.29, 0.717) is 17.6 Å². The summed E-state index contributed by atoms with van der Waals surface area (Å²) in [4.78, 5) is 28.3. The van der Waals surface area contributed by atoms with E-state index in [4.69, 9.17) is 26.3 Å². The fourth-order valence-electron chi connectivity index (χ4n) is 7.04. The number of anilines is 1. The summed E-state index contributed by atoms with van der Waals surface area (Å²) in [6, 6.07) is 12.7. The highest BCUT2D eigenvalue weighted by molar-refractivity contribution is 7.10. The highest BCUT2D eigenvalue weighted by Crippen LogP contribution is 2.43. The number of nitrogens with one attached hydrogen (secondary N) is 2. The Morgan fingerprint density at radius 3 is 2.63 bits per heavy atom. The second kappa shape index (κ2) is 14.3. The lowest BCUT2D eigenvalue weighted by atomic mass is 9.77. The van der Waals surface area contributed by atoms with Crippen molar-refractivity contribution in [1.29, 1.82) is 0 Å². The van der Waals surface area contributed by atoms with Gasteiger partial charge in [-0.15, -0.1) is 11.3 Å². The van der Waals surface area contributed by atoms with Gasteiger partial charge in [-0.05, 0) is 99.8 Å². The van der Waals surface area contributed by atoms with Gasteiger partial charge in [-0.1, -0.05) is 23.7 Å². The first-order chi connectivity index (χ1) is 22.2. The number of rotatable bonds is 9. The number of hydrogen-bond donors (Lipinski definition) is 2. The molecule has 0 spiro atoms. The molecule has 0 radical (unpaired) electrons. The number of aromatic nitrogens is 2. The second-order valence-corrected chi connectivity index (χ2v) is 14.3. The van der Waals surface area contributed by atoms with Crippen LogP contribution < -0.4 is 15.4 Å². The number of halogens is 1. The van der Waals surface area contributed by atoms with Crippen LogP contribution in [-0.2, 0) is 11.3 Å². The van der Waals surface area contributed by atoms with Crippen LogP contribution in [0.3, 0.4) is 0 Å². The SMILES string of the molecule is COc1cc2nc(C)nc(N[C@H](C)c3cc(-c4c(Cl)cccc4CN(C)C)cs3)c2cc1[C@H]1CC[C@H](C(=O)N2CCNCC2)CC1. The smallest absolute Gasteiger partial charge is 0.225 e. The molecule has 1 aliphatic carbocycles. The van der Waals surface area contributed by atoms with E-state index in [1.165, 1.54) is 16.0 Å². The minimum Gasteiger partial charge on any atom is -0.496 e. The number of nitrogens with zero attached hydrogens (tertiary/aromatic N) is 4. The molecule has 2 fully saturated rings. The Hall–Kier alpha value is -3.24. The third-order valence-corrected chi connectivity index (χ3v) is 10.8. The molecule has 10 heteroatoms. The van der Waals surface area contributed by atoms with Crippen LogP contribution in [0, 0.1) is 12.8 Å². The van der Waals surface area contributed by atoms with Gasteiger partial charge in [-0.25, -0.2) is 9.97 Å². The molecule has 4 aromatic rings. The van der Waals surface area contributed by atoms with Crippen molar-refractivity contribution in [2.24, 2.45) is 5.92 Å². The summed E-state index contributed by atoms with van der Waals surface area (Å²) in [7, 11) is 5.88. The van der Waals surface area contributed by atoms with Gasteiger partial charge < -0.3 is 25.2 Å². The number of aryl methyl sites for hydroxylation is 1. The molecule has 1 amide bonds. The number of benzene rings is 2. The van der Waals surface area contributed by atoms with Crippen LogP contribution in [0.1, 0.15) is 66.4 Å². The first-order valence-corrected chi connectivity index (χ1v) is 17.6. The molecule has 0 unspecified atom stereocenters. The Bertz CT molecular complexity index is 1690. The van der Waals surface area contributed by atoms with Crippen LogP contribution in [-0.4, -0.2) is 73.1 Å². The summed E-state index contributed by atoms with van der Waals surface area (Å²) < 4.78 is 5.92. The van der Waals surface area contributed by atoms with Crippen molar-refractivity contribution in [3.8, 4) is 16.9 Å². The molecule has 1 atom stereocenters. The van der Waals surface area contributed by atoms with E-state index < -0.39 is 0 Å². The molecule has 8 nitrogen and oxygen atoms in total. The van der Waals surface area contributed by atoms with Gasteiger partial charge in [0.1, 0.15) is 17.4 Å².